The molecule has 164 valence electrons. The fourth-order valence-corrected chi connectivity index (χ4v) is 4.78. The molecule has 0 atom stereocenters. The largest absolute Gasteiger partial charge is 0.493 e. The molecule has 7 nitrogen and oxygen atoms in total. The van der Waals surface area contributed by atoms with Crippen LogP contribution in [-0.2, 0) is 0 Å². The normalized spacial score (nSPS) is 14.5. The number of hydrogen-bond donors (Lipinski definition) is 0. The van der Waals surface area contributed by atoms with Gasteiger partial charge in [-0.3, -0.25) is 4.79 Å². The number of fused-ring (bicyclic) bond motifs is 1. The van der Waals surface area contributed by atoms with E-state index in [1.165, 1.54) is 14.2 Å². The second-order valence-corrected chi connectivity index (χ2v) is 8.42. The Balaban J connectivity index is 1.42. The smallest absolute Gasteiger partial charge is 0.274 e. The average Bonchev–Trinajstić information content (AvgIpc) is 3.22. The van der Waals surface area contributed by atoms with Gasteiger partial charge in [0.1, 0.15) is 6.10 Å². The Morgan fingerprint density at radius 1 is 1.06 bits per heavy atom. The maximum Gasteiger partial charge on any atom is 0.274 e. The number of likely N-dealkylation sites (tertiary alicyclic amines) is 1. The van der Waals surface area contributed by atoms with Crippen LogP contribution in [0.1, 0.15) is 28.8 Å². The van der Waals surface area contributed by atoms with Gasteiger partial charge in [-0.1, -0.05) is 23.5 Å². The van der Waals surface area contributed by atoms with Crippen LogP contribution in [0, 0.1) is 6.92 Å². The number of piperidine rings is 1. The highest BCUT2D eigenvalue weighted by Gasteiger charge is 2.27. The van der Waals surface area contributed by atoms with Crippen molar-refractivity contribution in [3.05, 3.63) is 41.5 Å². The summed E-state index contributed by atoms with van der Waals surface area (Å²) in [6.45, 7) is 3.28. The first-order valence-electron chi connectivity index (χ1n) is 10.2. The number of aromatic nitrogens is 1. The van der Waals surface area contributed by atoms with Crippen molar-refractivity contribution < 1.29 is 23.7 Å². The van der Waals surface area contributed by atoms with Crippen molar-refractivity contribution in [2.75, 3.05) is 34.4 Å². The first kappa shape index (κ1) is 21.2. The molecule has 0 aliphatic carbocycles. The lowest BCUT2D eigenvalue weighted by Gasteiger charge is -2.31. The highest BCUT2D eigenvalue weighted by Crippen LogP contribution is 2.38. The average molecular weight is 443 g/mol. The quantitative estimate of drug-likeness (QED) is 0.566. The van der Waals surface area contributed by atoms with Gasteiger partial charge in [-0.25, -0.2) is 4.98 Å². The van der Waals surface area contributed by atoms with Crippen molar-refractivity contribution in [3.63, 3.8) is 0 Å². The number of aryl methyl sites for hydroxylation is 1. The number of ether oxygens (including phenoxy) is 4. The summed E-state index contributed by atoms with van der Waals surface area (Å²) in [5, 5.41) is 0.693. The van der Waals surface area contributed by atoms with Crippen LogP contribution in [0.15, 0.2) is 30.3 Å². The van der Waals surface area contributed by atoms with Crippen molar-refractivity contribution in [1.82, 2.24) is 9.88 Å². The number of hydrogen-bond acceptors (Lipinski definition) is 7. The van der Waals surface area contributed by atoms with E-state index in [-0.39, 0.29) is 12.0 Å². The van der Waals surface area contributed by atoms with Gasteiger partial charge in [-0.15, -0.1) is 0 Å². The molecule has 31 heavy (non-hydrogen) atoms. The molecule has 0 saturated carbocycles. The molecule has 0 spiro atoms. The molecule has 4 rings (SSSR count). The summed E-state index contributed by atoms with van der Waals surface area (Å²) in [5.41, 5.74) is 2.65. The zero-order valence-electron chi connectivity index (χ0n) is 18.1. The van der Waals surface area contributed by atoms with E-state index in [2.05, 4.69) is 24.0 Å². The highest BCUT2D eigenvalue weighted by atomic mass is 32.1. The van der Waals surface area contributed by atoms with E-state index in [0.717, 1.165) is 28.6 Å². The van der Waals surface area contributed by atoms with Gasteiger partial charge < -0.3 is 23.8 Å². The number of para-hydroxylation sites is 1. The molecule has 0 bridgehead atoms. The summed E-state index contributed by atoms with van der Waals surface area (Å²) in [7, 11) is 4.62. The number of carbonyl (C=O) groups excluding carboxylic acids is 1. The summed E-state index contributed by atoms with van der Waals surface area (Å²) in [6.07, 6.45) is 1.56. The van der Waals surface area contributed by atoms with Crippen LogP contribution in [0.5, 0.6) is 22.4 Å². The van der Waals surface area contributed by atoms with Gasteiger partial charge in [0.2, 0.25) is 5.75 Å². The maximum atomic E-state index is 13.1. The lowest BCUT2D eigenvalue weighted by molar-refractivity contribution is 0.0594. The summed E-state index contributed by atoms with van der Waals surface area (Å²) in [6, 6.07) is 9.53. The molecule has 1 fully saturated rings. The Hall–Kier alpha value is -3.00. The molecule has 1 aliphatic heterocycles. The van der Waals surface area contributed by atoms with E-state index in [4.69, 9.17) is 18.9 Å². The van der Waals surface area contributed by atoms with Gasteiger partial charge >= 0.3 is 0 Å². The third kappa shape index (κ3) is 4.25. The fourth-order valence-electron chi connectivity index (χ4n) is 3.82. The minimum Gasteiger partial charge on any atom is -0.493 e. The molecule has 1 aromatic heterocycles. The molecule has 1 amide bonds. The first-order valence-corrected chi connectivity index (χ1v) is 11.0. The van der Waals surface area contributed by atoms with Gasteiger partial charge in [0.25, 0.3) is 11.1 Å². The maximum absolute atomic E-state index is 13.1. The summed E-state index contributed by atoms with van der Waals surface area (Å²) in [5.74, 6) is 1.34. The van der Waals surface area contributed by atoms with Crippen molar-refractivity contribution >= 4 is 27.5 Å². The number of amides is 1. The van der Waals surface area contributed by atoms with Crippen LogP contribution in [0.2, 0.25) is 0 Å². The second-order valence-electron chi connectivity index (χ2n) is 7.42. The Bertz CT molecular complexity index is 1060. The molecular weight excluding hydrogens is 416 g/mol. The van der Waals surface area contributed by atoms with Crippen LogP contribution in [0.25, 0.3) is 10.2 Å². The molecule has 0 radical (unpaired) electrons. The lowest BCUT2D eigenvalue weighted by atomic mass is 10.1. The molecule has 2 heterocycles. The van der Waals surface area contributed by atoms with Crippen molar-refractivity contribution in [2.45, 2.75) is 25.9 Å². The number of thiazole rings is 1. The molecule has 0 unspecified atom stereocenters. The zero-order chi connectivity index (χ0) is 22.0. The summed E-state index contributed by atoms with van der Waals surface area (Å²) in [4.78, 5) is 19.6. The second kappa shape index (κ2) is 9.01. The van der Waals surface area contributed by atoms with Gasteiger partial charge in [0.15, 0.2) is 11.5 Å². The zero-order valence-corrected chi connectivity index (χ0v) is 19.0. The van der Waals surface area contributed by atoms with Crippen LogP contribution < -0.4 is 18.9 Å². The molecule has 0 N–H and O–H groups in total. The van der Waals surface area contributed by atoms with Gasteiger partial charge in [-0.2, -0.15) is 0 Å². The van der Waals surface area contributed by atoms with E-state index >= 15 is 0 Å². The number of carbonyl (C=O) groups is 1. The Morgan fingerprint density at radius 3 is 2.32 bits per heavy atom. The third-order valence-corrected chi connectivity index (χ3v) is 6.42. The molecule has 8 heteroatoms. The minimum atomic E-state index is -0.0617. The molecular formula is C23H26N2O5S. The van der Waals surface area contributed by atoms with Crippen molar-refractivity contribution in [1.29, 1.82) is 0 Å². The molecule has 1 aliphatic rings. The van der Waals surface area contributed by atoms with Crippen LogP contribution >= 0.6 is 11.3 Å². The van der Waals surface area contributed by atoms with Crippen molar-refractivity contribution in [3.8, 4) is 22.4 Å². The Kier molecular flexibility index (Phi) is 6.18. The first-order chi connectivity index (χ1) is 15.0. The number of methoxy groups -OCH3 is 3. The minimum absolute atomic E-state index is 0.0462. The predicted molar refractivity (Wildman–Crippen MR) is 120 cm³/mol. The van der Waals surface area contributed by atoms with Crippen LogP contribution in [0.3, 0.4) is 0 Å². The highest BCUT2D eigenvalue weighted by molar-refractivity contribution is 7.20. The topological polar surface area (TPSA) is 70.1 Å². The van der Waals surface area contributed by atoms with E-state index in [0.29, 0.717) is 41.1 Å². The van der Waals surface area contributed by atoms with E-state index in [1.54, 1.807) is 30.6 Å². The van der Waals surface area contributed by atoms with E-state index in [9.17, 15) is 4.79 Å². The third-order valence-electron chi connectivity index (χ3n) is 5.51. The van der Waals surface area contributed by atoms with Gasteiger partial charge in [0.05, 0.1) is 31.5 Å². The van der Waals surface area contributed by atoms with E-state index < -0.39 is 0 Å². The monoisotopic (exact) mass is 442 g/mol. The van der Waals surface area contributed by atoms with E-state index in [1.807, 2.05) is 11.0 Å². The Morgan fingerprint density at radius 2 is 1.74 bits per heavy atom. The lowest BCUT2D eigenvalue weighted by Crippen LogP contribution is -2.41. The Labute approximate surface area is 185 Å². The number of nitrogens with zero attached hydrogens (tertiary/aromatic N) is 2. The summed E-state index contributed by atoms with van der Waals surface area (Å²) >= 11 is 1.57. The molecule has 3 aromatic rings. The number of benzene rings is 2. The standard InChI is InChI=1S/C23H26N2O5S/c1-14-6-5-7-19-20(14)24-23(31-19)30-16-8-10-25(11-9-16)22(26)15-12-17(27-2)21(29-4)18(13-15)28-3/h5-7,12-13,16H,8-11H2,1-4H3. The van der Waals surface area contributed by atoms with Crippen LogP contribution in [0.4, 0.5) is 0 Å². The van der Waals surface area contributed by atoms with Gasteiger partial charge in [-0.05, 0) is 30.7 Å². The van der Waals surface area contributed by atoms with Crippen molar-refractivity contribution in [2.24, 2.45) is 0 Å². The summed E-state index contributed by atoms with van der Waals surface area (Å²) < 4.78 is 23.4. The SMILES string of the molecule is COc1cc(C(=O)N2CCC(Oc3nc4c(C)cccc4s3)CC2)cc(OC)c1OC. The van der Waals surface area contributed by atoms with Gasteiger partial charge in [0, 0.05) is 31.5 Å². The molecule has 2 aromatic carbocycles. The number of rotatable bonds is 6. The predicted octanol–water partition coefficient (Wildman–Crippen LogP) is 4.31. The molecule has 1 saturated heterocycles. The van der Waals surface area contributed by atoms with Crippen LogP contribution in [-0.4, -0.2) is 56.3 Å². The fraction of sp³-hybridized carbons (Fsp3) is 0.391.